The number of benzene rings is 2. The van der Waals surface area contributed by atoms with Crippen molar-refractivity contribution in [3.63, 3.8) is 0 Å². The standard InChI is InChI=1S/C20H20N6O4/c1-29-18(27)11-5-13(21)9-15(7-11)24-17-3-4-23-20(26-17)25-16-8-12(19(28)30-2)6-14(22)10-16/h3-10H,21-22H2,1-2H3,(H2,23,24,25,26). The summed E-state index contributed by atoms with van der Waals surface area (Å²) in [6, 6.07) is 11.1. The first-order valence-corrected chi connectivity index (χ1v) is 8.73. The van der Waals surface area contributed by atoms with E-state index in [0.717, 1.165) is 0 Å². The lowest BCUT2D eigenvalue weighted by Gasteiger charge is -2.11. The Balaban J connectivity index is 1.82. The monoisotopic (exact) mass is 408 g/mol. The van der Waals surface area contributed by atoms with E-state index in [1.54, 1.807) is 36.5 Å². The van der Waals surface area contributed by atoms with Gasteiger partial charge in [0.05, 0.1) is 25.3 Å². The van der Waals surface area contributed by atoms with E-state index in [0.29, 0.717) is 39.7 Å². The van der Waals surface area contributed by atoms with Crippen LogP contribution in [-0.4, -0.2) is 36.1 Å². The lowest BCUT2D eigenvalue weighted by atomic mass is 10.1. The number of esters is 2. The lowest BCUT2D eigenvalue weighted by Crippen LogP contribution is -2.06. The largest absolute Gasteiger partial charge is 0.465 e. The van der Waals surface area contributed by atoms with E-state index in [1.165, 1.54) is 26.4 Å². The van der Waals surface area contributed by atoms with Crippen LogP contribution in [0.2, 0.25) is 0 Å². The zero-order valence-corrected chi connectivity index (χ0v) is 16.3. The molecule has 0 saturated heterocycles. The second-order valence-electron chi connectivity index (χ2n) is 6.19. The molecule has 0 unspecified atom stereocenters. The van der Waals surface area contributed by atoms with Crippen LogP contribution in [0.4, 0.5) is 34.5 Å². The maximum Gasteiger partial charge on any atom is 0.337 e. The number of nitrogen functional groups attached to an aromatic ring is 2. The molecule has 1 heterocycles. The molecule has 0 amide bonds. The van der Waals surface area contributed by atoms with E-state index in [4.69, 9.17) is 20.9 Å². The van der Waals surface area contributed by atoms with E-state index in [9.17, 15) is 9.59 Å². The number of carbonyl (C=O) groups is 2. The Morgan fingerprint density at radius 3 is 1.90 bits per heavy atom. The fourth-order valence-corrected chi connectivity index (χ4v) is 2.68. The highest BCUT2D eigenvalue weighted by Crippen LogP contribution is 2.23. The van der Waals surface area contributed by atoms with Gasteiger partial charge in [-0.05, 0) is 42.5 Å². The number of hydrogen-bond donors (Lipinski definition) is 4. The third-order valence-corrected chi connectivity index (χ3v) is 3.94. The number of hydrogen-bond acceptors (Lipinski definition) is 10. The van der Waals surface area contributed by atoms with Gasteiger partial charge < -0.3 is 31.6 Å². The van der Waals surface area contributed by atoms with Gasteiger partial charge in [0.1, 0.15) is 5.82 Å². The Morgan fingerprint density at radius 1 is 0.833 bits per heavy atom. The molecule has 0 atom stereocenters. The second-order valence-corrected chi connectivity index (χ2v) is 6.19. The molecular formula is C20H20N6O4. The van der Waals surface area contributed by atoms with Gasteiger partial charge in [0.25, 0.3) is 0 Å². The molecule has 0 aliphatic heterocycles. The summed E-state index contributed by atoms with van der Waals surface area (Å²) < 4.78 is 9.44. The summed E-state index contributed by atoms with van der Waals surface area (Å²) in [6.45, 7) is 0. The van der Waals surface area contributed by atoms with Crippen molar-refractivity contribution in [2.45, 2.75) is 0 Å². The van der Waals surface area contributed by atoms with Crippen LogP contribution in [0.25, 0.3) is 0 Å². The third-order valence-electron chi connectivity index (χ3n) is 3.94. The number of aromatic nitrogens is 2. The highest BCUT2D eigenvalue weighted by atomic mass is 16.5. The summed E-state index contributed by atoms with van der Waals surface area (Å²) in [7, 11) is 2.59. The van der Waals surface area contributed by atoms with E-state index in [2.05, 4.69) is 20.6 Å². The number of nitrogens with one attached hydrogen (secondary N) is 2. The van der Waals surface area contributed by atoms with Gasteiger partial charge in [0.2, 0.25) is 5.95 Å². The van der Waals surface area contributed by atoms with Crippen molar-refractivity contribution in [1.29, 1.82) is 0 Å². The van der Waals surface area contributed by atoms with Crippen molar-refractivity contribution in [2.24, 2.45) is 0 Å². The topological polar surface area (TPSA) is 154 Å². The summed E-state index contributed by atoms with van der Waals surface area (Å²) in [5.41, 5.74) is 14.2. The van der Waals surface area contributed by atoms with E-state index in [1.807, 2.05) is 0 Å². The van der Waals surface area contributed by atoms with Crippen molar-refractivity contribution >= 4 is 46.5 Å². The van der Waals surface area contributed by atoms with Crippen LogP contribution >= 0.6 is 0 Å². The average Bonchev–Trinajstić information content (AvgIpc) is 2.72. The number of methoxy groups -OCH3 is 2. The molecule has 2 aromatic carbocycles. The van der Waals surface area contributed by atoms with Gasteiger partial charge in [0, 0.05) is 28.9 Å². The molecular weight excluding hydrogens is 388 g/mol. The van der Waals surface area contributed by atoms with Gasteiger partial charge in [-0.2, -0.15) is 4.98 Å². The van der Waals surface area contributed by atoms with Crippen LogP contribution in [0, 0.1) is 0 Å². The van der Waals surface area contributed by atoms with Crippen molar-refractivity contribution in [3.05, 3.63) is 59.8 Å². The van der Waals surface area contributed by atoms with Gasteiger partial charge >= 0.3 is 11.9 Å². The number of nitrogens with zero attached hydrogens (tertiary/aromatic N) is 2. The number of carbonyl (C=O) groups excluding carboxylic acids is 2. The Bertz CT molecular complexity index is 1020. The minimum atomic E-state index is -0.509. The fraction of sp³-hybridized carbons (Fsp3) is 0.100. The molecule has 0 aliphatic rings. The highest BCUT2D eigenvalue weighted by Gasteiger charge is 2.11. The van der Waals surface area contributed by atoms with Crippen LogP contribution in [0.5, 0.6) is 0 Å². The molecule has 3 aromatic rings. The zero-order chi connectivity index (χ0) is 21.7. The molecule has 0 radical (unpaired) electrons. The Morgan fingerprint density at radius 2 is 1.37 bits per heavy atom. The zero-order valence-electron chi connectivity index (χ0n) is 16.3. The van der Waals surface area contributed by atoms with E-state index in [-0.39, 0.29) is 5.95 Å². The molecule has 0 spiro atoms. The van der Waals surface area contributed by atoms with Crippen molar-refractivity contribution < 1.29 is 19.1 Å². The molecule has 10 nitrogen and oxygen atoms in total. The molecule has 3 rings (SSSR count). The highest BCUT2D eigenvalue weighted by molar-refractivity contribution is 5.92. The smallest absolute Gasteiger partial charge is 0.337 e. The first-order valence-electron chi connectivity index (χ1n) is 8.73. The van der Waals surface area contributed by atoms with Crippen molar-refractivity contribution in [2.75, 3.05) is 36.3 Å². The van der Waals surface area contributed by atoms with Crippen LogP contribution in [0.15, 0.2) is 48.7 Å². The Labute approximate surface area is 172 Å². The number of rotatable bonds is 6. The summed E-state index contributed by atoms with van der Waals surface area (Å²) in [4.78, 5) is 32.1. The van der Waals surface area contributed by atoms with E-state index >= 15 is 0 Å². The molecule has 0 saturated carbocycles. The average molecular weight is 408 g/mol. The van der Waals surface area contributed by atoms with Crippen molar-refractivity contribution in [3.8, 4) is 0 Å². The molecule has 6 N–H and O–H groups in total. The fourth-order valence-electron chi connectivity index (χ4n) is 2.68. The first-order chi connectivity index (χ1) is 14.4. The molecule has 10 heteroatoms. The number of anilines is 6. The predicted molar refractivity (Wildman–Crippen MR) is 113 cm³/mol. The van der Waals surface area contributed by atoms with E-state index < -0.39 is 11.9 Å². The minimum absolute atomic E-state index is 0.263. The van der Waals surface area contributed by atoms with Crippen LogP contribution in [0.3, 0.4) is 0 Å². The number of nitrogens with two attached hydrogens (primary N) is 2. The molecule has 0 aliphatic carbocycles. The van der Waals surface area contributed by atoms with Gasteiger partial charge in [-0.1, -0.05) is 0 Å². The molecule has 30 heavy (non-hydrogen) atoms. The minimum Gasteiger partial charge on any atom is -0.465 e. The van der Waals surface area contributed by atoms with Crippen LogP contribution in [0.1, 0.15) is 20.7 Å². The van der Waals surface area contributed by atoms with Gasteiger partial charge in [0.15, 0.2) is 0 Å². The third kappa shape index (κ3) is 4.93. The molecule has 154 valence electrons. The summed E-state index contributed by atoms with van der Waals surface area (Å²) >= 11 is 0. The Kier molecular flexibility index (Phi) is 5.97. The van der Waals surface area contributed by atoms with Crippen molar-refractivity contribution in [1.82, 2.24) is 9.97 Å². The molecule has 0 bridgehead atoms. The van der Waals surface area contributed by atoms with Gasteiger partial charge in [-0.15, -0.1) is 0 Å². The predicted octanol–water partition coefficient (Wildman–Crippen LogP) is 2.70. The summed E-state index contributed by atoms with van der Waals surface area (Å²) in [5.74, 6) is -0.298. The Hall–Kier alpha value is -4.34. The van der Waals surface area contributed by atoms with Gasteiger partial charge in [-0.3, -0.25) is 0 Å². The molecule has 0 fully saturated rings. The second kappa shape index (κ2) is 8.78. The SMILES string of the molecule is COC(=O)c1cc(N)cc(Nc2ccnc(Nc3cc(N)cc(C(=O)OC)c3)n2)c1. The lowest BCUT2D eigenvalue weighted by molar-refractivity contribution is 0.0592. The van der Waals surface area contributed by atoms with Crippen LogP contribution in [-0.2, 0) is 9.47 Å². The first kappa shape index (κ1) is 20.4. The maximum absolute atomic E-state index is 11.8. The normalized spacial score (nSPS) is 10.2. The van der Waals surface area contributed by atoms with Gasteiger partial charge in [-0.25, -0.2) is 14.6 Å². The number of ether oxygens (including phenoxy) is 2. The quantitative estimate of drug-likeness (QED) is 0.353. The summed E-state index contributed by atoms with van der Waals surface area (Å²) in [6.07, 6.45) is 1.54. The molecule has 1 aromatic heterocycles. The van der Waals surface area contributed by atoms with Crippen LogP contribution < -0.4 is 22.1 Å². The summed E-state index contributed by atoms with van der Waals surface area (Å²) in [5, 5.41) is 6.05. The maximum atomic E-state index is 11.8.